The van der Waals surface area contributed by atoms with Crippen molar-refractivity contribution in [2.75, 3.05) is 13.2 Å². The number of carboxylic acids is 1. The second-order valence-corrected chi connectivity index (χ2v) is 22.4. The van der Waals surface area contributed by atoms with E-state index in [9.17, 15) is 34.5 Å². The number of hydrogen-bond donors (Lipinski definition) is 3. The van der Waals surface area contributed by atoms with E-state index in [-0.39, 0.29) is 25.9 Å². The van der Waals surface area contributed by atoms with Crippen molar-refractivity contribution in [3.63, 3.8) is 0 Å². The summed E-state index contributed by atoms with van der Waals surface area (Å²) >= 11 is 0. The molecule has 0 aromatic rings. The molecular weight excluding hydrogens is 997 g/mol. The van der Waals surface area contributed by atoms with Crippen molar-refractivity contribution in [1.82, 2.24) is 0 Å². The topological polar surface area (TPSA) is 175 Å². The molecule has 0 amide bonds. The summed E-state index contributed by atoms with van der Waals surface area (Å²) in [6, 6.07) is 0. The van der Waals surface area contributed by atoms with Gasteiger partial charge in [0.2, 0.25) is 0 Å². The molecule has 79 heavy (non-hydrogen) atoms. The molecule has 12 heteroatoms. The molecule has 1 fully saturated rings. The number of hydrogen-bond acceptors (Lipinski definition) is 11. The predicted octanol–water partition coefficient (Wildman–Crippen LogP) is 17.3. The van der Waals surface area contributed by atoms with E-state index in [0.717, 1.165) is 109 Å². The van der Waals surface area contributed by atoms with Crippen molar-refractivity contribution in [2.24, 2.45) is 0 Å². The zero-order valence-corrected chi connectivity index (χ0v) is 50.6. The van der Waals surface area contributed by atoms with Gasteiger partial charge in [0.15, 0.2) is 24.6 Å². The van der Waals surface area contributed by atoms with E-state index in [2.05, 4.69) is 69.4 Å². The minimum atomic E-state index is -1.90. The molecule has 1 rings (SSSR count). The lowest BCUT2D eigenvalue weighted by molar-refractivity contribution is -0.301. The first-order chi connectivity index (χ1) is 38.6. The van der Waals surface area contributed by atoms with Crippen LogP contribution in [0.2, 0.25) is 0 Å². The van der Waals surface area contributed by atoms with Crippen molar-refractivity contribution in [2.45, 2.75) is 340 Å². The molecule has 1 saturated heterocycles. The fourth-order valence-electron chi connectivity index (χ4n) is 9.95. The highest BCUT2D eigenvalue weighted by Crippen LogP contribution is 2.27. The Labute approximate surface area is 482 Å². The van der Waals surface area contributed by atoms with Crippen molar-refractivity contribution in [1.29, 1.82) is 0 Å². The average Bonchev–Trinajstić information content (AvgIpc) is 3.44. The molecule has 0 bridgehead atoms. The van der Waals surface area contributed by atoms with E-state index in [0.29, 0.717) is 19.3 Å². The highest BCUT2D eigenvalue weighted by Gasteiger charge is 2.50. The summed E-state index contributed by atoms with van der Waals surface area (Å²) in [5.74, 6) is -3.11. The van der Waals surface area contributed by atoms with E-state index in [1.165, 1.54) is 135 Å². The number of ether oxygens (including phenoxy) is 5. The van der Waals surface area contributed by atoms with Crippen LogP contribution in [0.15, 0.2) is 48.6 Å². The Morgan fingerprint density at radius 2 is 0.797 bits per heavy atom. The quantitative estimate of drug-likeness (QED) is 0.0228. The maximum atomic E-state index is 13.2. The zero-order chi connectivity index (χ0) is 57.5. The normalized spacial score (nSPS) is 18.1. The summed E-state index contributed by atoms with van der Waals surface area (Å²) < 4.78 is 28.5. The lowest BCUT2D eigenvalue weighted by Crippen LogP contribution is -2.61. The number of aliphatic hydroxyl groups excluding tert-OH is 2. The van der Waals surface area contributed by atoms with E-state index in [1.54, 1.807) is 0 Å². The molecule has 0 aromatic heterocycles. The van der Waals surface area contributed by atoms with Gasteiger partial charge in [0, 0.05) is 19.3 Å². The fourth-order valence-corrected chi connectivity index (χ4v) is 9.95. The maximum absolute atomic E-state index is 13.2. The number of allylic oxidation sites excluding steroid dienone is 8. The zero-order valence-electron chi connectivity index (χ0n) is 50.6. The van der Waals surface area contributed by atoms with Crippen molar-refractivity contribution in [3.05, 3.63) is 48.6 Å². The Morgan fingerprint density at radius 1 is 0.430 bits per heavy atom. The smallest absolute Gasteiger partial charge is 0.335 e. The molecule has 12 nitrogen and oxygen atoms in total. The van der Waals surface area contributed by atoms with Crippen LogP contribution in [0.25, 0.3) is 0 Å². The Hall–Kier alpha value is -3.32. The van der Waals surface area contributed by atoms with Gasteiger partial charge in [-0.15, -0.1) is 0 Å². The molecule has 0 spiro atoms. The second-order valence-electron chi connectivity index (χ2n) is 22.4. The first-order valence-corrected chi connectivity index (χ1v) is 32.6. The van der Waals surface area contributed by atoms with Gasteiger partial charge in [0.05, 0.1) is 6.61 Å². The monoisotopic (exact) mass is 1110 g/mol. The lowest BCUT2D eigenvalue weighted by atomic mass is 9.98. The summed E-state index contributed by atoms with van der Waals surface area (Å²) in [6.45, 7) is 5.91. The molecule has 1 aliphatic rings. The average molecular weight is 1120 g/mol. The van der Waals surface area contributed by atoms with Crippen molar-refractivity contribution < 1.29 is 58.2 Å². The van der Waals surface area contributed by atoms with Crippen LogP contribution in [0.1, 0.15) is 303 Å². The van der Waals surface area contributed by atoms with Crippen LogP contribution in [-0.4, -0.2) is 89.2 Å². The minimum Gasteiger partial charge on any atom is -0.479 e. The maximum Gasteiger partial charge on any atom is 0.335 e. The summed E-state index contributed by atoms with van der Waals surface area (Å²) in [5, 5.41) is 31.6. The third-order valence-electron chi connectivity index (χ3n) is 14.9. The molecule has 0 aromatic carbocycles. The molecule has 0 aliphatic carbocycles. The van der Waals surface area contributed by atoms with Crippen LogP contribution < -0.4 is 0 Å². The van der Waals surface area contributed by atoms with Crippen molar-refractivity contribution >= 4 is 23.9 Å². The largest absolute Gasteiger partial charge is 0.479 e. The summed E-state index contributed by atoms with van der Waals surface area (Å²) in [7, 11) is 0. The van der Waals surface area contributed by atoms with Crippen molar-refractivity contribution in [3.8, 4) is 0 Å². The number of carbonyl (C=O) groups is 4. The van der Waals surface area contributed by atoms with Gasteiger partial charge in [0.1, 0.15) is 18.8 Å². The summed E-state index contributed by atoms with van der Waals surface area (Å²) in [6.07, 6.45) is 55.0. The number of carboxylic acid groups (broad SMARTS) is 1. The molecule has 3 N–H and O–H groups in total. The van der Waals surface area contributed by atoms with Gasteiger partial charge in [0.25, 0.3) is 0 Å². The number of aliphatic carboxylic acids is 1. The Balaban J connectivity index is 2.65. The molecule has 458 valence electrons. The first-order valence-electron chi connectivity index (χ1n) is 32.6. The molecule has 6 unspecified atom stereocenters. The van der Waals surface area contributed by atoms with Gasteiger partial charge in [-0.1, -0.05) is 275 Å². The summed E-state index contributed by atoms with van der Waals surface area (Å²) in [5.41, 5.74) is 0. The molecular formula is C67H118O12. The predicted molar refractivity (Wildman–Crippen MR) is 322 cm³/mol. The fraction of sp³-hybridized carbons (Fsp3) is 0.821. The van der Waals surface area contributed by atoms with Gasteiger partial charge in [-0.05, 0) is 57.8 Å². The van der Waals surface area contributed by atoms with Crippen LogP contribution >= 0.6 is 0 Å². The highest BCUT2D eigenvalue weighted by molar-refractivity contribution is 5.74. The van der Waals surface area contributed by atoms with Gasteiger partial charge >= 0.3 is 23.9 Å². The standard InChI is InChI=1S/C67H118O12/c1-4-7-10-13-16-19-22-25-27-29-30-32-33-36-38-41-44-47-50-53-59(68)75-56-58(77-60(69)54-51-48-45-42-40-37-34-31-28-26-23-20-17-14-11-8-5-2)57-76-67-65(63(72)62(71)64(79-67)66(73)74)78-61(70)55-52-49-46-43-39-35-24-21-18-15-12-9-6-3/h7,10,16,19,25,27,30,32,58,62-65,67,71-72H,4-6,8-9,11-15,17-18,20-24,26,28-29,31,33-57H2,1-3H3,(H,73,74)/b10-7-,19-16-,27-25-,32-30-. The Kier molecular flexibility index (Phi) is 51.5. The van der Waals surface area contributed by atoms with E-state index in [1.807, 2.05) is 0 Å². The SMILES string of the molecule is CC/C=C\C/C=C\C/C=C\C/C=C\CCCCCCCCC(=O)OCC(COC1OC(C(=O)O)C(O)C(O)C1OC(=O)CCCCCCCCCCCCCCC)OC(=O)CCCCCCCCCCCCCCCCCCC. The van der Waals surface area contributed by atoms with Crippen LogP contribution in [0.3, 0.4) is 0 Å². The second kappa shape index (κ2) is 55.2. The van der Waals surface area contributed by atoms with Crippen LogP contribution in [0.4, 0.5) is 0 Å². The number of carbonyl (C=O) groups excluding carboxylic acids is 3. The van der Waals surface area contributed by atoms with E-state index in [4.69, 9.17) is 23.7 Å². The van der Waals surface area contributed by atoms with E-state index < -0.39 is 67.3 Å². The first kappa shape index (κ1) is 73.7. The molecule has 1 aliphatic heterocycles. The molecule has 0 saturated carbocycles. The van der Waals surface area contributed by atoms with Crippen LogP contribution in [-0.2, 0) is 42.9 Å². The molecule has 1 heterocycles. The third-order valence-corrected chi connectivity index (χ3v) is 14.9. The van der Waals surface area contributed by atoms with E-state index >= 15 is 0 Å². The number of unbranched alkanes of at least 4 members (excludes halogenated alkanes) is 34. The van der Waals surface area contributed by atoms with Gasteiger partial charge < -0.3 is 39.0 Å². The minimum absolute atomic E-state index is 0.0639. The van der Waals surface area contributed by atoms with Crippen LogP contribution in [0, 0.1) is 0 Å². The van der Waals surface area contributed by atoms with Gasteiger partial charge in [-0.3, -0.25) is 14.4 Å². The number of esters is 3. The Bertz CT molecular complexity index is 1560. The number of aliphatic hydroxyl groups is 2. The highest BCUT2D eigenvalue weighted by atomic mass is 16.7. The molecule has 6 atom stereocenters. The summed E-state index contributed by atoms with van der Waals surface area (Å²) in [4.78, 5) is 51.3. The van der Waals surface area contributed by atoms with Gasteiger partial charge in [-0.2, -0.15) is 0 Å². The van der Waals surface area contributed by atoms with Crippen LogP contribution in [0.5, 0.6) is 0 Å². The Morgan fingerprint density at radius 3 is 1.22 bits per heavy atom. The molecule has 0 radical (unpaired) electrons. The lowest BCUT2D eigenvalue weighted by Gasteiger charge is -2.40. The van der Waals surface area contributed by atoms with Gasteiger partial charge in [-0.25, -0.2) is 4.79 Å². The third kappa shape index (κ3) is 45.0. The number of rotatable bonds is 56.